The van der Waals surface area contributed by atoms with Crippen molar-refractivity contribution in [2.24, 2.45) is 5.92 Å². The normalized spacial score (nSPS) is 30.5. The molecule has 20 heavy (non-hydrogen) atoms. The zero-order valence-electron chi connectivity index (χ0n) is 13.2. The number of aryl methyl sites for hydroxylation is 2. The molecule has 0 aliphatic heterocycles. The van der Waals surface area contributed by atoms with E-state index in [1.807, 2.05) is 11.3 Å². The lowest BCUT2D eigenvalue weighted by molar-refractivity contribution is 0.141. The van der Waals surface area contributed by atoms with Gasteiger partial charge in [0.2, 0.25) is 0 Å². The first-order valence-corrected chi connectivity index (χ1v) is 9.20. The molecule has 1 N–H and O–H groups in total. The predicted molar refractivity (Wildman–Crippen MR) is 86.3 cm³/mol. The van der Waals surface area contributed by atoms with Crippen molar-refractivity contribution in [2.75, 3.05) is 0 Å². The molecule has 1 fully saturated rings. The number of nitrogens with one attached hydrogen (secondary N) is 1. The second-order valence-corrected chi connectivity index (χ2v) is 8.10. The smallest absolute Gasteiger partial charge is 0.114 e. The zero-order valence-corrected chi connectivity index (χ0v) is 14.0. The van der Waals surface area contributed by atoms with Crippen LogP contribution >= 0.6 is 11.3 Å². The molecule has 1 heterocycles. The van der Waals surface area contributed by atoms with E-state index in [9.17, 15) is 0 Å². The number of thiazole rings is 1. The van der Waals surface area contributed by atoms with Gasteiger partial charge in [-0.15, -0.1) is 11.3 Å². The molecule has 3 rings (SSSR count). The molecular weight excluding hydrogens is 264 g/mol. The van der Waals surface area contributed by atoms with Gasteiger partial charge in [-0.1, -0.05) is 19.8 Å². The van der Waals surface area contributed by atoms with Gasteiger partial charge < -0.3 is 5.32 Å². The second-order valence-electron chi connectivity index (χ2n) is 7.01. The Kier molecular flexibility index (Phi) is 4.19. The molecular formula is C17H28N2S. The number of aromatic nitrogens is 1. The van der Waals surface area contributed by atoms with E-state index >= 15 is 0 Å². The molecule has 0 amide bonds. The fourth-order valence-electron chi connectivity index (χ4n) is 4.00. The Balaban J connectivity index is 1.97. The Bertz CT molecular complexity index is 442. The first-order chi connectivity index (χ1) is 9.62. The van der Waals surface area contributed by atoms with Crippen molar-refractivity contribution < 1.29 is 0 Å². The summed E-state index contributed by atoms with van der Waals surface area (Å²) in [6.07, 6.45) is 10.5. The van der Waals surface area contributed by atoms with Gasteiger partial charge in [0.15, 0.2) is 0 Å². The van der Waals surface area contributed by atoms with Crippen LogP contribution in [0.15, 0.2) is 0 Å². The van der Waals surface area contributed by atoms with Gasteiger partial charge in [0.05, 0.1) is 11.2 Å². The molecule has 3 heteroatoms. The van der Waals surface area contributed by atoms with Crippen molar-refractivity contribution in [1.82, 2.24) is 10.3 Å². The van der Waals surface area contributed by atoms with E-state index in [0.29, 0.717) is 12.0 Å². The third kappa shape index (κ3) is 2.55. The maximum Gasteiger partial charge on any atom is 0.114 e. The van der Waals surface area contributed by atoms with Gasteiger partial charge in [-0.05, 0) is 58.3 Å². The summed E-state index contributed by atoms with van der Waals surface area (Å²) in [7, 11) is 0. The van der Waals surface area contributed by atoms with E-state index in [2.05, 4.69) is 26.1 Å². The monoisotopic (exact) mass is 292 g/mol. The Labute approximate surface area is 127 Å². The van der Waals surface area contributed by atoms with Crippen LogP contribution in [0.2, 0.25) is 0 Å². The van der Waals surface area contributed by atoms with Crippen LogP contribution in [0.1, 0.15) is 74.9 Å². The SMILES string of the molecule is CC(C)NC1(c2nc3c(s2)CCCC3)CCCCC1C. The minimum absolute atomic E-state index is 0.147. The summed E-state index contributed by atoms with van der Waals surface area (Å²) >= 11 is 2.01. The topological polar surface area (TPSA) is 24.9 Å². The Morgan fingerprint density at radius 3 is 2.70 bits per heavy atom. The zero-order chi connectivity index (χ0) is 14.2. The van der Waals surface area contributed by atoms with Gasteiger partial charge in [0.1, 0.15) is 5.01 Å². The van der Waals surface area contributed by atoms with Crippen molar-refractivity contribution in [2.45, 2.75) is 83.7 Å². The maximum absolute atomic E-state index is 5.11. The standard InChI is InChI=1S/C17H28N2S/c1-12(2)19-17(11-7-6-8-13(17)3)16-18-14-9-4-5-10-15(14)20-16/h12-13,19H,4-11H2,1-3H3. The van der Waals surface area contributed by atoms with E-state index in [4.69, 9.17) is 4.98 Å². The highest BCUT2D eigenvalue weighted by molar-refractivity contribution is 7.11. The fraction of sp³-hybridized carbons (Fsp3) is 0.824. The molecule has 2 atom stereocenters. The van der Waals surface area contributed by atoms with Crippen LogP contribution in [-0.4, -0.2) is 11.0 Å². The highest BCUT2D eigenvalue weighted by Crippen LogP contribution is 2.44. The summed E-state index contributed by atoms with van der Waals surface area (Å²) in [4.78, 5) is 6.68. The molecule has 1 aromatic rings. The van der Waals surface area contributed by atoms with Gasteiger partial charge in [-0.2, -0.15) is 0 Å². The molecule has 112 valence electrons. The van der Waals surface area contributed by atoms with Crippen LogP contribution < -0.4 is 5.32 Å². The molecule has 0 aromatic carbocycles. The van der Waals surface area contributed by atoms with E-state index in [1.54, 1.807) is 4.88 Å². The number of nitrogens with zero attached hydrogens (tertiary/aromatic N) is 1. The lowest BCUT2D eigenvalue weighted by atomic mass is 9.73. The summed E-state index contributed by atoms with van der Waals surface area (Å²) in [5.74, 6) is 0.700. The van der Waals surface area contributed by atoms with E-state index in [1.165, 1.54) is 62.1 Å². The number of hydrogen-bond donors (Lipinski definition) is 1. The van der Waals surface area contributed by atoms with Gasteiger partial charge in [0, 0.05) is 10.9 Å². The Morgan fingerprint density at radius 1 is 1.20 bits per heavy atom. The molecule has 2 nitrogen and oxygen atoms in total. The molecule has 0 spiro atoms. The minimum atomic E-state index is 0.147. The van der Waals surface area contributed by atoms with E-state index in [-0.39, 0.29) is 5.54 Å². The number of fused-ring (bicyclic) bond motifs is 1. The van der Waals surface area contributed by atoms with Crippen molar-refractivity contribution in [1.29, 1.82) is 0 Å². The molecule has 0 saturated heterocycles. The molecule has 2 aliphatic rings. The summed E-state index contributed by atoms with van der Waals surface area (Å²) < 4.78 is 0. The van der Waals surface area contributed by atoms with Crippen LogP contribution in [0.3, 0.4) is 0 Å². The van der Waals surface area contributed by atoms with Crippen LogP contribution in [0.5, 0.6) is 0 Å². The van der Waals surface area contributed by atoms with Gasteiger partial charge in [0.25, 0.3) is 0 Å². The summed E-state index contributed by atoms with van der Waals surface area (Å²) in [6, 6.07) is 0.525. The molecule has 1 saturated carbocycles. The lowest BCUT2D eigenvalue weighted by Crippen LogP contribution is -2.52. The second kappa shape index (κ2) is 5.76. The third-order valence-corrected chi connectivity index (χ3v) is 6.41. The maximum atomic E-state index is 5.11. The Hall–Kier alpha value is -0.410. The van der Waals surface area contributed by atoms with Gasteiger partial charge in [-0.3, -0.25) is 0 Å². The molecule has 2 unspecified atom stereocenters. The first kappa shape index (κ1) is 14.5. The largest absolute Gasteiger partial charge is 0.303 e. The van der Waals surface area contributed by atoms with Gasteiger partial charge >= 0.3 is 0 Å². The van der Waals surface area contributed by atoms with Crippen molar-refractivity contribution >= 4 is 11.3 Å². The van der Waals surface area contributed by atoms with Crippen LogP contribution in [-0.2, 0) is 18.4 Å². The Morgan fingerprint density at radius 2 is 2.00 bits per heavy atom. The average Bonchev–Trinajstić information content (AvgIpc) is 2.85. The molecule has 0 bridgehead atoms. The summed E-state index contributed by atoms with van der Waals surface area (Å²) in [6.45, 7) is 6.97. The van der Waals surface area contributed by atoms with Crippen LogP contribution in [0, 0.1) is 5.92 Å². The predicted octanol–water partition coefficient (Wildman–Crippen LogP) is 4.43. The number of rotatable bonds is 3. The van der Waals surface area contributed by atoms with E-state index < -0.39 is 0 Å². The summed E-state index contributed by atoms with van der Waals surface area (Å²) in [5.41, 5.74) is 1.56. The lowest BCUT2D eigenvalue weighted by Gasteiger charge is -2.43. The highest BCUT2D eigenvalue weighted by atomic mass is 32.1. The van der Waals surface area contributed by atoms with Gasteiger partial charge in [-0.25, -0.2) is 4.98 Å². The van der Waals surface area contributed by atoms with Crippen molar-refractivity contribution in [3.8, 4) is 0 Å². The third-order valence-electron chi connectivity index (χ3n) is 5.07. The highest BCUT2D eigenvalue weighted by Gasteiger charge is 2.43. The minimum Gasteiger partial charge on any atom is -0.303 e. The fourth-order valence-corrected chi connectivity index (χ4v) is 5.44. The quantitative estimate of drug-likeness (QED) is 0.891. The molecule has 1 aromatic heterocycles. The van der Waals surface area contributed by atoms with Crippen LogP contribution in [0.4, 0.5) is 0 Å². The molecule has 2 aliphatic carbocycles. The van der Waals surface area contributed by atoms with Crippen molar-refractivity contribution in [3.05, 3.63) is 15.6 Å². The average molecular weight is 292 g/mol. The van der Waals surface area contributed by atoms with Crippen LogP contribution in [0.25, 0.3) is 0 Å². The van der Waals surface area contributed by atoms with Crippen molar-refractivity contribution in [3.63, 3.8) is 0 Å². The summed E-state index contributed by atoms with van der Waals surface area (Å²) in [5, 5.41) is 5.31. The number of hydrogen-bond acceptors (Lipinski definition) is 3. The van der Waals surface area contributed by atoms with E-state index in [0.717, 1.165) is 0 Å². The molecule has 0 radical (unpaired) electrons. The first-order valence-electron chi connectivity index (χ1n) is 8.38.